The summed E-state index contributed by atoms with van der Waals surface area (Å²) in [4.78, 5) is 25.1. The average molecular weight is 445 g/mol. The number of primary amides is 1. The zero-order valence-electron chi connectivity index (χ0n) is 16.4. The minimum Gasteiger partial charge on any atom is -0.377 e. The van der Waals surface area contributed by atoms with E-state index < -0.39 is 31.7 Å². The zero-order chi connectivity index (χ0) is 22.3. The molecule has 2 heterocycles. The molecule has 0 aliphatic heterocycles. The highest BCUT2D eigenvalue weighted by Crippen LogP contribution is 2.40. The highest BCUT2D eigenvalue weighted by Gasteiger charge is 2.29. The van der Waals surface area contributed by atoms with Crippen LogP contribution in [-0.2, 0) is 14.3 Å². The van der Waals surface area contributed by atoms with Gasteiger partial charge in [-0.05, 0) is 49.4 Å². The topological polar surface area (TPSA) is 159 Å². The summed E-state index contributed by atoms with van der Waals surface area (Å²) in [6.07, 6.45) is 4.74. The summed E-state index contributed by atoms with van der Waals surface area (Å²) in [5.41, 5.74) is 7.04. The second-order valence-electron chi connectivity index (χ2n) is 7.33. The first kappa shape index (κ1) is 20.6. The Hall–Kier alpha value is -3.67. The number of rotatable bonds is 7. The van der Waals surface area contributed by atoms with Crippen LogP contribution in [0.15, 0.2) is 47.6 Å². The normalized spacial score (nSPS) is 14.9. The molecule has 0 radical (unpaired) electrons. The van der Waals surface area contributed by atoms with Crippen LogP contribution in [0, 0.1) is 10.1 Å². The number of nitro benzene ring substituents is 1. The van der Waals surface area contributed by atoms with Crippen molar-refractivity contribution in [2.75, 3.05) is 5.32 Å². The number of hydrogen-bond acceptors (Lipinski definition) is 8. The van der Waals surface area contributed by atoms with Gasteiger partial charge < -0.3 is 19.6 Å². The van der Waals surface area contributed by atoms with Crippen molar-refractivity contribution >= 4 is 33.2 Å². The number of anilines is 1. The van der Waals surface area contributed by atoms with E-state index in [1.807, 2.05) is 23.6 Å². The van der Waals surface area contributed by atoms with E-state index in [1.54, 1.807) is 0 Å². The third-order valence-electron chi connectivity index (χ3n) is 4.98. The van der Waals surface area contributed by atoms with Gasteiger partial charge in [-0.15, -0.1) is 0 Å². The van der Waals surface area contributed by atoms with Crippen molar-refractivity contribution in [3.05, 3.63) is 64.1 Å². The Morgan fingerprint density at radius 3 is 2.71 bits per heavy atom. The minimum atomic E-state index is -4.72. The average Bonchev–Trinajstić information content (AvgIpc) is 3.45. The number of imidazole rings is 1. The van der Waals surface area contributed by atoms with Crippen molar-refractivity contribution in [1.82, 2.24) is 9.38 Å². The van der Waals surface area contributed by atoms with Crippen molar-refractivity contribution in [3.8, 4) is 0 Å². The Morgan fingerprint density at radius 2 is 2.06 bits per heavy atom. The van der Waals surface area contributed by atoms with Crippen molar-refractivity contribution in [2.45, 2.75) is 36.6 Å². The molecule has 31 heavy (non-hydrogen) atoms. The molecular formula is C19H19N5O6S. The monoisotopic (exact) mass is 445 g/mol. The van der Waals surface area contributed by atoms with Crippen LogP contribution < -0.4 is 11.1 Å². The van der Waals surface area contributed by atoms with Gasteiger partial charge in [0.25, 0.3) is 5.69 Å². The molecule has 11 nitrogen and oxygen atoms in total. The van der Waals surface area contributed by atoms with Gasteiger partial charge in [0, 0.05) is 24.1 Å². The van der Waals surface area contributed by atoms with Gasteiger partial charge in [0.1, 0.15) is 5.65 Å². The highest BCUT2D eigenvalue weighted by atomic mass is 32.2. The lowest BCUT2D eigenvalue weighted by molar-refractivity contribution is -0.387. The lowest BCUT2D eigenvalue weighted by Crippen LogP contribution is -2.19. The molecule has 0 spiro atoms. The molecule has 1 atom stereocenters. The van der Waals surface area contributed by atoms with Gasteiger partial charge in [0.05, 0.1) is 16.7 Å². The van der Waals surface area contributed by atoms with Gasteiger partial charge in [-0.1, -0.05) is 6.07 Å². The molecule has 1 unspecified atom stereocenters. The van der Waals surface area contributed by atoms with Gasteiger partial charge in [0.15, 0.2) is 4.90 Å². The molecule has 12 heteroatoms. The maximum Gasteiger partial charge on any atom is 0.420 e. The quantitative estimate of drug-likeness (QED) is 0.319. The van der Waals surface area contributed by atoms with E-state index >= 15 is 0 Å². The van der Waals surface area contributed by atoms with Crippen LogP contribution in [0.25, 0.3) is 5.65 Å². The van der Waals surface area contributed by atoms with Gasteiger partial charge in [0.2, 0.25) is 0 Å². The van der Waals surface area contributed by atoms with Crippen molar-refractivity contribution in [3.63, 3.8) is 0 Å². The molecular weight excluding hydrogens is 426 g/mol. The SMILES string of the molecule is CC(Nc1ccc(S(=O)(=O)OC(N)=O)c([N+](=O)[O-])c1)c1cn2cc(C3CC3)ccc2n1. The predicted molar refractivity (Wildman–Crippen MR) is 110 cm³/mol. The number of carbonyl (C=O) groups is 1. The van der Waals surface area contributed by atoms with E-state index in [0.717, 1.165) is 17.8 Å². The van der Waals surface area contributed by atoms with Crippen LogP contribution in [-0.4, -0.2) is 28.8 Å². The Balaban J connectivity index is 1.60. The number of nitrogens with one attached hydrogen (secondary N) is 1. The number of pyridine rings is 1. The summed E-state index contributed by atoms with van der Waals surface area (Å²) in [6.45, 7) is 1.83. The van der Waals surface area contributed by atoms with Crippen molar-refractivity contribution < 1.29 is 22.3 Å². The standard InChI is InChI=1S/C19H19N5O6S/c1-11(15-10-23-9-13(12-2-3-12)4-7-18(23)22-15)21-14-5-6-17(16(8-14)24(26)27)31(28,29)30-19(20)25/h4-12,21H,2-3H2,1H3,(H2,20,25). The number of nitrogens with zero attached hydrogens (tertiary/aromatic N) is 3. The number of amides is 1. The van der Waals surface area contributed by atoms with Crippen LogP contribution in [0.3, 0.4) is 0 Å². The Labute approximate surface area is 177 Å². The number of benzene rings is 1. The summed E-state index contributed by atoms with van der Waals surface area (Å²) < 4.78 is 30.1. The number of aromatic nitrogens is 2. The van der Waals surface area contributed by atoms with E-state index in [-0.39, 0.29) is 6.04 Å². The van der Waals surface area contributed by atoms with Gasteiger partial charge >= 0.3 is 16.2 Å². The summed E-state index contributed by atoms with van der Waals surface area (Å²) in [7, 11) is -4.72. The first-order valence-corrected chi connectivity index (χ1v) is 10.8. The van der Waals surface area contributed by atoms with Gasteiger partial charge in [-0.25, -0.2) is 9.78 Å². The fourth-order valence-electron chi connectivity index (χ4n) is 3.33. The second-order valence-corrected chi connectivity index (χ2v) is 8.84. The summed E-state index contributed by atoms with van der Waals surface area (Å²) in [6, 6.07) is 7.06. The second kappa shape index (κ2) is 7.54. The molecule has 3 N–H and O–H groups in total. The van der Waals surface area contributed by atoms with E-state index in [0.29, 0.717) is 17.3 Å². The molecule has 0 bridgehead atoms. The van der Waals surface area contributed by atoms with Crippen molar-refractivity contribution in [1.29, 1.82) is 0 Å². The molecule has 1 saturated carbocycles. The number of fused-ring (bicyclic) bond motifs is 1. The first-order chi connectivity index (χ1) is 14.6. The zero-order valence-corrected chi connectivity index (χ0v) is 17.2. The maximum absolute atomic E-state index is 12.0. The molecule has 1 aliphatic rings. The third-order valence-corrected chi connectivity index (χ3v) is 6.25. The summed E-state index contributed by atoms with van der Waals surface area (Å²) in [5, 5.41) is 14.5. The molecule has 0 saturated heterocycles. The molecule has 162 valence electrons. The molecule has 4 rings (SSSR count). The first-order valence-electron chi connectivity index (χ1n) is 9.41. The van der Waals surface area contributed by atoms with Gasteiger partial charge in [-0.2, -0.15) is 8.42 Å². The fourth-order valence-corrected chi connectivity index (χ4v) is 4.26. The maximum atomic E-state index is 12.0. The molecule has 1 fully saturated rings. The molecule has 1 amide bonds. The van der Waals surface area contributed by atoms with Crippen LogP contribution in [0.4, 0.5) is 16.2 Å². The highest BCUT2D eigenvalue weighted by molar-refractivity contribution is 7.87. The largest absolute Gasteiger partial charge is 0.420 e. The summed E-state index contributed by atoms with van der Waals surface area (Å²) >= 11 is 0. The molecule has 1 aromatic carbocycles. The number of nitro groups is 1. The van der Waals surface area contributed by atoms with E-state index in [9.17, 15) is 23.3 Å². The molecule has 3 aromatic rings. The fraction of sp³-hybridized carbons (Fsp3) is 0.263. The van der Waals surface area contributed by atoms with E-state index in [1.165, 1.54) is 24.5 Å². The molecule has 2 aromatic heterocycles. The Morgan fingerprint density at radius 1 is 1.32 bits per heavy atom. The third kappa shape index (κ3) is 4.28. The lowest BCUT2D eigenvalue weighted by atomic mass is 10.2. The van der Waals surface area contributed by atoms with Crippen LogP contribution in [0.5, 0.6) is 0 Å². The lowest BCUT2D eigenvalue weighted by Gasteiger charge is -2.13. The Kier molecular flexibility index (Phi) is 5.01. The van der Waals surface area contributed by atoms with E-state index in [4.69, 9.17) is 5.73 Å². The van der Waals surface area contributed by atoms with Gasteiger partial charge in [-0.3, -0.25) is 10.1 Å². The van der Waals surface area contributed by atoms with Crippen LogP contribution in [0.1, 0.15) is 43.0 Å². The minimum absolute atomic E-state index is 0.299. The van der Waals surface area contributed by atoms with Crippen molar-refractivity contribution in [2.24, 2.45) is 5.73 Å². The predicted octanol–water partition coefficient (Wildman–Crippen LogP) is 3.08. The molecule has 1 aliphatic carbocycles. The smallest absolute Gasteiger partial charge is 0.377 e. The van der Waals surface area contributed by atoms with Crippen LogP contribution in [0.2, 0.25) is 0 Å². The summed E-state index contributed by atoms with van der Waals surface area (Å²) in [5.74, 6) is 0.611. The Bertz CT molecular complexity index is 1300. The van der Waals surface area contributed by atoms with E-state index in [2.05, 4.69) is 26.7 Å². The number of nitrogens with two attached hydrogens (primary N) is 1. The van der Waals surface area contributed by atoms with Crippen LogP contribution >= 0.6 is 0 Å². The number of carbonyl (C=O) groups excluding carboxylic acids is 1. The number of hydrogen-bond donors (Lipinski definition) is 2.